The fraction of sp³-hybridized carbons (Fsp3) is 0.304. The molecule has 164 valence electrons. The molecule has 3 heterocycles. The summed E-state index contributed by atoms with van der Waals surface area (Å²) in [6.07, 6.45) is 1.00. The highest BCUT2D eigenvalue weighted by atomic mass is 19.1. The van der Waals surface area contributed by atoms with E-state index in [2.05, 4.69) is 30.6 Å². The Bertz CT molecular complexity index is 1190. The van der Waals surface area contributed by atoms with Crippen molar-refractivity contribution >= 4 is 16.6 Å². The summed E-state index contributed by atoms with van der Waals surface area (Å²) in [4.78, 5) is 6.86. The van der Waals surface area contributed by atoms with E-state index in [1.807, 2.05) is 24.3 Å². The van der Waals surface area contributed by atoms with Crippen LogP contribution in [0.3, 0.4) is 0 Å². The zero-order chi connectivity index (χ0) is 21.8. The first-order valence-electron chi connectivity index (χ1n) is 10.7. The van der Waals surface area contributed by atoms with Gasteiger partial charge in [0.1, 0.15) is 5.82 Å². The van der Waals surface area contributed by atoms with Crippen molar-refractivity contribution in [3.05, 3.63) is 54.3 Å². The molecular formula is C23H23FN6O2. The number of rotatable bonds is 7. The molecule has 32 heavy (non-hydrogen) atoms. The number of hydrogen-bond donors (Lipinski definition) is 1. The summed E-state index contributed by atoms with van der Waals surface area (Å²) >= 11 is 0. The van der Waals surface area contributed by atoms with Crippen LogP contribution in [0.5, 0.6) is 0 Å². The second-order valence-electron chi connectivity index (χ2n) is 7.61. The number of fused-ring (bicyclic) bond motifs is 1. The van der Waals surface area contributed by atoms with Crippen LogP contribution < -0.4 is 5.32 Å². The molecule has 0 aliphatic carbocycles. The molecule has 1 fully saturated rings. The molecular weight excluding hydrogens is 411 g/mol. The predicted molar refractivity (Wildman–Crippen MR) is 119 cm³/mol. The lowest BCUT2D eigenvalue weighted by molar-refractivity contribution is 0.0378. The third-order valence-corrected chi connectivity index (χ3v) is 5.47. The van der Waals surface area contributed by atoms with Gasteiger partial charge < -0.3 is 14.6 Å². The van der Waals surface area contributed by atoms with E-state index >= 15 is 0 Å². The summed E-state index contributed by atoms with van der Waals surface area (Å²) < 4.78 is 24.0. The first-order chi connectivity index (χ1) is 15.8. The van der Waals surface area contributed by atoms with Crippen LogP contribution in [0.25, 0.3) is 33.7 Å². The number of nitrogens with one attached hydrogen (secondary N) is 1. The van der Waals surface area contributed by atoms with Crippen molar-refractivity contribution in [3.63, 3.8) is 0 Å². The van der Waals surface area contributed by atoms with Crippen LogP contribution in [0, 0.1) is 5.82 Å². The molecule has 1 N–H and O–H groups in total. The van der Waals surface area contributed by atoms with E-state index in [0.717, 1.165) is 62.4 Å². The van der Waals surface area contributed by atoms with Crippen molar-refractivity contribution in [1.29, 1.82) is 0 Å². The van der Waals surface area contributed by atoms with Crippen LogP contribution in [-0.2, 0) is 4.74 Å². The van der Waals surface area contributed by atoms with Gasteiger partial charge in [-0.1, -0.05) is 29.4 Å². The summed E-state index contributed by atoms with van der Waals surface area (Å²) in [5.74, 6) is 1.05. The molecule has 1 aliphatic heterocycles. The van der Waals surface area contributed by atoms with E-state index in [1.54, 1.807) is 12.1 Å². The number of nitrogens with zero attached hydrogens (tertiary/aromatic N) is 5. The van der Waals surface area contributed by atoms with Crippen LogP contribution >= 0.6 is 0 Å². The van der Waals surface area contributed by atoms with Gasteiger partial charge in [0.2, 0.25) is 5.82 Å². The average Bonchev–Trinajstić information content (AvgIpc) is 3.33. The Kier molecular flexibility index (Phi) is 6.00. The van der Waals surface area contributed by atoms with Crippen LogP contribution in [0.15, 0.2) is 53.1 Å². The van der Waals surface area contributed by atoms with Crippen LogP contribution in [0.4, 0.5) is 10.2 Å². The fourth-order valence-corrected chi connectivity index (χ4v) is 3.76. The van der Waals surface area contributed by atoms with Gasteiger partial charge in [-0.25, -0.2) is 4.39 Å². The Balaban J connectivity index is 1.33. The maximum atomic E-state index is 13.2. The standard InChI is InChI=1S/C23H23FN6O2/c24-17-8-6-16(7-9-17)21-26-23(32-29-21)20-18-4-1-2-5-19(18)22(28-27-20)25-10-3-11-30-12-14-31-15-13-30/h1-2,4-9H,3,10-15H2,(H,25,28). The minimum absolute atomic E-state index is 0.270. The van der Waals surface area contributed by atoms with Crippen LogP contribution in [0.1, 0.15) is 6.42 Å². The van der Waals surface area contributed by atoms with Crippen molar-refractivity contribution in [1.82, 2.24) is 25.2 Å². The Hall–Kier alpha value is -3.43. The number of morpholine rings is 1. The van der Waals surface area contributed by atoms with Crippen molar-refractivity contribution in [2.45, 2.75) is 6.42 Å². The number of hydrogen-bond acceptors (Lipinski definition) is 8. The third kappa shape index (κ3) is 4.44. The Morgan fingerprint density at radius 1 is 0.969 bits per heavy atom. The maximum absolute atomic E-state index is 13.2. The molecule has 0 atom stereocenters. The number of aromatic nitrogens is 4. The summed E-state index contributed by atoms with van der Waals surface area (Å²) in [5.41, 5.74) is 1.18. The van der Waals surface area contributed by atoms with E-state index in [1.165, 1.54) is 12.1 Å². The highest BCUT2D eigenvalue weighted by molar-refractivity contribution is 5.98. The molecule has 9 heteroatoms. The predicted octanol–water partition coefficient (Wildman–Crippen LogP) is 3.62. The summed E-state index contributed by atoms with van der Waals surface area (Å²) in [6.45, 7) is 5.41. The molecule has 0 radical (unpaired) electrons. The molecule has 8 nitrogen and oxygen atoms in total. The first kappa shape index (κ1) is 20.5. The lowest BCUT2D eigenvalue weighted by Crippen LogP contribution is -2.37. The van der Waals surface area contributed by atoms with Gasteiger partial charge in [0.15, 0.2) is 11.5 Å². The third-order valence-electron chi connectivity index (χ3n) is 5.47. The second kappa shape index (κ2) is 9.37. The number of anilines is 1. The minimum atomic E-state index is -0.317. The molecule has 0 spiro atoms. The second-order valence-corrected chi connectivity index (χ2v) is 7.61. The molecule has 2 aromatic heterocycles. The van der Waals surface area contributed by atoms with Gasteiger partial charge in [0.05, 0.1) is 13.2 Å². The number of benzene rings is 2. The van der Waals surface area contributed by atoms with Crippen LogP contribution in [-0.4, -0.2) is 64.6 Å². The average molecular weight is 434 g/mol. The molecule has 0 bridgehead atoms. The normalized spacial score (nSPS) is 14.7. The van der Waals surface area contributed by atoms with Gasteiger partial charge in [-0.15, -0.1) is 10.2 Å². The molecule has 0 unspecified atom stereocenters. The Morgan fingerprint density at radius 2 is 1.75 bits per heavy atom. The van der Waals surface area contributed by atoms with Gasteiger partial charge >= 0.3 is 0 Å². The number of ether oxygens (including phenoxy) is 1. The molecule has 1 saturated heterocycles. The number of halogens is 1. The summed E-state index contributed by atoms with van der Waals surface area (Å²) in [5, 5.41) is 18.0. The lowest BCUT2D eigenvalue weighted by atomic mass is 10.1. The fourth-order valence-electron chi connectivity index (χ4n) is 3.76. The van der Waals surface area contributed by atoms with Gasteiger partial charge in [-0.2, -0.15) is 4.98 Å². The minimum Gasteiger partial charge on any atom is -0.379 e. The van der Waals surface area contributed by atoms with Gasteiger partial charge in [0, 0.05) is 36.0 Å². The van der Waals surface area contributed by atoms with Gasteiger partial charge in [-0.3, -0.25) is 4.90 Å². The van der Waals surface area contributed by atoms with E-state index in [-0.39, 0.29) is 11.7 Å². The highest BCUT2D eigenvalue weighted by Crippen LogP contribution is 2.30. The zero-order valence-electron chi connectivity index (χ0n) is 17.5. The van der Waals surface area contributed by atoms with E-state index in [4.69, 9.17) is 9.26 Å². The topological polar surface area (TPSA) is 89.2 Å². The van der Waals surface area contributed by atoms with Gasteiger partial charge in [-0.05, 0) is 37.2 Å². The smallest absolute Gasteiger partial charge is 0.279 e. The summed E-state index contributed by atoms with van der Waals surface area (Å²) in [7, 11) is 0. The maximum Gasteiger partial charge on any atom is 0.279 e. The first-order valence-corrected chi connectivity index (χ1v) is 10.7. The Labute approximate surface area is 184 Å². The molecule has 1 aliphatic rings. The highest BCUT2D eigenvalue weighted by Gasteiger charge is 2.17. The van der Waals surface area contributed by atoms with Crippen LogP contribution in [0.2, 0.25) is 0 Å². The quantitative estimate of drug-likeness (QED) is 0.441. The summed E-state index contributed by atoms with van der Waals surface area (Å²) in [6, 6.07) is 13.8. The van der Waals surface area contributed by atoms with E-state index < -0.39 is 0 Å². The largest absolute Gasteiger partial charge is 0.379 e. The molecule has 2 aromatic carbocycles. The van der Waals surface area contributed by atoms with Crippen molar-refractivity contribution in [2.24, 2.45) is 0 Å². The molecule has 4 aromatic rings. The van der Waals surface area contributed by atoms with Crippen molar-refractivity contribution in [3.8, 4) is 23.0 Å². The van der Waals surface area contributed by atoms with E-state index in [0.29, 0.717) is 17.1 Å². The zero-order valence-corrected chi connectivity index (χ0v) is 17.5. The van der Waals surface area contributed by atoms with E-state index in [9.17, 15) is 4.39 Å². The monoisotopic (exact) mass is 434 g/mol. The van der Waals surface area contributed by atoms with Crippen molar-refractivity contribution < 1.29 is 13.7 Å². The SMILES string of the molecule is Fc1ccc(-c2noc(-c3nnc(NCCCN4CCOCC4)c4ccccc34)n2)cc1. The van der Waals surface area contributed by atoms with Gasteiger partial charge in [0.25, 0.3) is 5.89 Å². The molecule has 0 amide bonds. The molecule has 0 saturated carbocycles. The molecule has 5 rings (SSSR count). The van der Waals surface area contributed by atoms with Crippen molar-refractivity contribution in [2.75, 3.05) is 44.7 Å². The lowest BCUT2D eigenvalue weighted by Gasteiger charge is -2.26. The Morgan fingerprint density at radius 3 is 2.56 bits per heavy atom.